The van der Waals surface area contributed by atoms with Crippen molar-refractivity contribution in [2.75, 3.05) is 0 Å². The van der Waals surface area contributed by atoms with Crippen molar-refractivity contribution >= 4 is 30.1 Å². The summed E-state index contributed by atoms with van der Waals surface area (Å²) in [6.07, 6.45) is 0. The van der Waals surface area contributed by atoms with Crippen LogP contribution >= 0.6 is 0 Å². The van der Waals surface area contributed by atoms with Gasteiger partial charge in [-0.2, -0.15) is 0 Å². The van der Waals surface area contributed by atoms with E-state index in [2.05, 4.69) is 0 Å². The van der Waals surface area contributed by atoms with Crippen LogP contribution in [0.1, 0.15) is 0 Å². The van der Waals surface area contributed by atoms with Crippen molar-refractivity contribution in [2.24, 2.45) is 0 Å². The molecule has 15 heteroatoms. The van der Waals surface area contributed by atoms with Crippen molar-refractivity contribution in [1.29, 1.82) is 0 Å². The molecule has 2 aromatic carbocycles. The minimum absolute atomic E-state index is 0. The minimum atomic E-state index is -5.33. The fourth-order valence-corrected chi connectivity index (χ4v) is 4.44. The van der Waals surface area contributed by atoms with Gasteiger partial charge in [-0.25, -0.2) is 34.0 Å². The molecule has 2 aromatic rings. The maximum absolute atomic E-state index is 13.4. The molecule has 2 rings (SSSR count). The first-order valence-corrected chi connectivity index (χ1v) is 10.3. The van der Waals surface area contributed by atoms with Crippen LogP contribution in [0, 0.1) is 11.6 Å². The summed E-state index contributed by atoms with van der Waals surface area (Å²) in [6.45, 7) is 0. The van der Waals surface area contributed by atoms with E-state index in [1.807, 2.05) is 0 Å². The van der Waals surface area contributed by atoms with E-state index in [1.54, 1.807) is 0 Å². The van der Waals surface area contributed by atoms with E-state index in [0.29, 0.717) is 24.3 Å². The Bertz CT molecular complexity index is 1090. The van der Waals surface area contributed by atoms with Gasteiger partial charge in [0.25, 0.3) is 0 Å². The first kappa shape index (κ1) is 27.1. The van der Waals surface area contributed by atoms with E-state index in [1.165, 1.54) is 0 Å². The molecule has 0 N–H and O–H groups in total. The first-order valence-electron chi connectivity index (χ1n) is 6.00. The third-order valence-corrected chi connectivity index (χ3v) is 6.42. The Morgan fingerprint density at radius 3 is 1.19 bits per heavy atom. The fraction of sp³-hybridized carbons (Fsp3) is 0. The van der Waals surface area contributed by atoms with Gasteiger partial charge in [-0.15, -0.1) is 0 Å². The van der Waals surface area contributed by atoms with Gasteiger partial charge in [0.15, 0.2) is 0 Å². The molecular formula is C12H6F2Na2O8S3. The molecule has 0 aliphatic rings. The minimum Gasteiger partial charge on any atom is -0.744 e. The van der Waals surface area contributed by atoms with Crippen molar-refractivity contribution < 1.29 is 102 Å². The van der Waals surface area contributed by atoms with Crippen LogP contribution in [-0.4, -0.2) is 34.4 Å². The van der Waals surface area contributed by atoms with E-state index >= 15 is 0 Å². The zero-order chi connectivity index (χ0) is 19.2. The molecule has 136 valence electrons. The molecule has 27 heavy (non-hydrogen) atoms. The van der Waals surface area contributed by atoms with Gasteiger partial charge in [-0.05, 0) is 36.4 Å². The third-order valence-electron chi connectivity index (χ3n) is 2.96. The fourth-order valence-electron chi connectivity index (χ4n) is 1.82. The largest absolute Gasteiger partial charge is 1.00 e. The van der Waals surface area contributed by atoms with Gasteiger partial charge in [-0.1, -0.05) is 0 Å². The van der Waals surface area contributed by atoms with Crippen LogP contribution in [0.15, 0.2) is 56.0 Å². The van der Waals surface area contributed by atoms with Crippen LogP contribution in [-0.2, 0) is 30.1 Å². The Labute approximate surface area is 198 Å². The summed E-state index contributed by atoms with van der Waals surface area (Å²) in [5.41, 5.74) is 0. The van der Waals surface area contributed by atoms with Gasteiger partial charge in [0.1, 0.15) is 31.9 Å². The molecule has 0 radical (unpaired) electrons. The third kappa shape index (κ3) is 6.02. The monoisotopic (exact) mass is 458 g/mol. The summed E-state index contributed by atoms with van der Waals surface area (Å²) in [4.78, 5) is -4.62. The quantitative estimate of drug-likeness (QED) is 0.251. The summed E-state index contributed by atoms with van der Waals surface area (Å²) >= 11 is 0. The van der Waals surface area contributed by atoms with E-state index in [0.717, 1.165) is 0 Å². The smallest absolute Gasteiger partial charge is 0.744 e. The molecular weight excluding hydrogens is 452 g/mol. The van der Waals surface area contributed by atoms with Gasteiger partial charge in [0.2, 0.25) is 9.84 Å². The second-order valence-corrected chi connectivity index (χ2v) is 9.24. The molecule has 0 atom stereocenters. The predicted molar refractivity (Wildman–Crippen MR) is 74.2 cm³/mol. The van der Waals surface area contributed by atoms with Crippen LogP contribution in [0.2, 0.25) is 0 Å². The van der Waals surface area contributed by atoms with Crippen LogP contribution in [0.5, 0.6) is 0 Å². The molecule has 0 spiro atoms. The molecule has 0 heterocycles. The molecule has 0 fully saturated rings. The van der Waals surface area contributed by atoms with E-state index in [9.17, 15) is 43.1 Å². The SMILES string of the molecule is O=S(=O)([O-])c1cc(S(=O)(=O)c2ccc(F)c(S(=O)(=O)[O-])c2)ccc1F.[Na+].[Na+]. The number of hydrogen-bond donors (Lipinski definition) is 0. The maximum Gasteiger partial charge on any atom is 1.00 e. The van der Waals surface area contributed by atoms with E-state index < -0.39 is 61.3 Å². The molecule has 8 nitrogen and oxygen atoms in total. The Balaban J connectivity index is 0.00000338. The summed E-state index contributed by atoms with van der Waals surface area (Å²) in [5, 5.41) is 0. The number of halogens is 2. The average Bonchev–Trinajstić information content (AvgIpc) is 2.45. The van der Waals surface area contributed by atoms with Crippen LogP contribution in [0.4, 0.5) is 8.78 Å². The molecule has 0 saturated carbocycles. The zero-order valence-corrected chi connectivity index (χ0v) is 20.2. The zero-order valence-electron chi connectivity index (χ0n) is 13.7. The number of sulfone groups is 1. The van der Waals surface area contributed by atoms with E-state index in [4.69, 9.17) is 0 Å². The van der Waals surface area contributed by atoms with Crippen molar-refractivity contribution in [1.82, 2.24) is 0 Å². The van der Waals surface area contributed by atoms with Crippen molar-refractivity contribution in [3.63, 3.8) is 0 Å². The summed E-state index contributed by atoms with van der Waals surface area (Å²) in [7, 11) is -15.3. The van der Waals surface area contributed by atoms with Crippen molar-refractivity contribution in [3.8, 4) is 0 Å². The van der Waals surface area contributed by atoms with Crippen molar-refractivity contribution in [3.05, 3.63) is 48.0 Å². The predicted octanol–water partition coefficient (Wildman–Crippen LogP) is -5.39. The molecule has 0 amide bonds. The van der Waals surface area contributed by atoms with Crippen molar-refractivity contribution in [2.45, 2.75) is 19.6 Å². The second kappa shape index (κ2) is 9.26. The Kier molecular flexibility index (Phi) is 9.28. The van der Waals surface area contributed by atoms with Gasteiger partial charge in [0, 0.05) is 0 Å². The average molecular weight is 458 g/mol. The number of rotatable bonds is 4. The molecule has 0 bridgehead atoms. The van der Waals surface area contributed by atoms with Gasteiger partial charge in [0.05, 0.1) is 19.6 Å². The maximum atomic E-state index is 13.4. The number of benzene rings is 2. The standard InChI is InChI=1S/C12H8F2O8S3.2Na/c13-9-3-1-7(5-11(9)24(17,18)19)23(15,16)8-2-4-10(14)12(6-8)25(20,21)22;;/h1-6H,(H,17,18,19)(H,20,21,22);;/q;2*+1/p-2. The first-order chi connectivity index (χ1) is 11.2. The molecule has 0 unspecified atom stereocenters. The number of hydrogen-bond acceptors (Lipinski definition) is 8. The Morgan fingerprint density at radius 1 is 0.630 bits per heavy atom. The summed E-state index contributed by atoms with van der Waals surface area (Å²) in [5.74, 6) is -2.98. The Morgan fingerprint density at radius 2 is 0.926 bits per heavy atom. The topological polar surface area (TPSA) is 149 Å². The molecule has 0 aromatic heterocycles. The van der Waals surface area contributed by atoms with Gasteiger partial charge >= 0.3 is 59.1 Å². The normalized spacial score (nSPS) is 12.0. The second-order valence-electron chi connectivity index (χ2n) is 4.60. The summed E-state index contributed by atoms with van der Waals surface area (Å²) < 4.78 is 117. The molecule has 0 aliphatic heterocycles. The van der Waals surface area contributed by atoms with Crippen LogP contribution in [0.3, 0.4) is 0 Å². The van der Waals surface area contributed by atoms with Gasteiger partial charge < -0.3 is 9.11 Å². The van der Waals surface area contributed by atoms with Gasteiger partial charge in [-0.3, -0.25) is 0 Å². The molecule has 0 saturated heterocycles. The Hall–Kier alpha value is 0.0700. The van der Waals surface area contributed by atoms with E-state index in [-0.39, 0.29) is 71.2 Å². The summed E-state index contributed by atoms with van der Waals surface area (Å²) in [6, 6.07) is 2.53. The van der Waals surface area contributed by atoms with Crippen LogP contribution in [0.25, 0.3) is 0 Å². The molecule has 0 aliphatic carbocycles. The van der Waals surface area contributed by atoms with Crippen LogP contribution < -0.4 is 59.1 Å².